The molecule has 1 unspecified atom stereocenters. The minimum atomic E-state index is -1.14. The van der Waals surface area contributed by atoms with Gasteiger partial charge in [-0.2, -0.15) is 0 Å². The van der Waals surface area contributed by atoms with Crippen LogP contribution in [-0.2, 0) is 14.4 Å². The number of nitrogens with one attached hydrogen (secondary N) is 2. The summed E-state index contributed by atoms with van der Waals surface area (Å²) in [4.78, 5) is 46.2. The lowest BCUT2D eigenvalue weighted by atomic mass is 10.1. The van der Waals surface area contributed by atoms with Crippen LogP contribution in [-0.4, -0.2) is 59.5 Å². The predicted molar refractivity (Wildman–Crippen MR) is 72.2 cm³/mol. The summed E-state index contributed by atoms with van der Waals surface area (Å²) in [6, 6.07) is -1.47. The van der Waals surface area contributed by atoms with Crippen LogP contribution in [0.3, 0.4) is 0 Å². The Morgan fingerprint density at radius 3 is 2.71 bits per heavy atom. The maximum atomic E-state index is 12.0. The van der Waals surface area contributed by atoms with Crippen molar-refractivity contribution in [2.45, 2.75) is 31.7 Å². The number of nitrogens with zero attached hydrogens (tertiary/aromatic N) is 1. The van der Waals surface area contributed by atoms with Crippen LogP contribution in [0.25, 0.3) is 0 Å². The first-order chi connectivity index (χ1) is 9.91. The van der Waals surface area contributed by atoms with Gasteiger partial charge in [0.15, 0.2) is 0 Å². The number of carboxylic acids is 1. The van der Waals surface area contributed by atoms with Gasteiger partial charge < -0.3 is 26.4 Å². The van der Waals surface area contributed by atoms with Gasteiger partial charge >= 0.3 is 12.0 Å². The van der Waals surface area contributed by atoms with E-state index in [-0.39, 0.29) is 13.0 Å². The standard InChI is InChI=1S/C12H20N4O5/c13-9(17)3-1-2-4-15-12(21)16-6-5-14-11(20)8(16)7-10(18)19/h8H,1-7H2,(H2,13,17)(H,14,20)(H,15,21)(H,18,19). The minimum absolute atomic E-state index is 0.254. The Morgan fingerprint density at radius 1 is 1.38 bits per heavy atom. The van der Waals surface area contributed by atoms with E-state index in [0.717, 1.165) is 0 Å². The summed E-state index contributed by atoms with van der Waals surface area (Å²) in [5.74, 6) is -2.00. The van der Waals surface area contributed by atoms with E-state index in [0.29, 0.717) is 25.9 Å². The van der Waals surface area contributed by atoms with Gasteiger partial charge in [-0.3, -0.25) is 14.4 Å². The quantitative estimate of drug-likeness (QED) is 0.429. The first kappa shape index (κ1) is 16.7. The lowest BCUT2D eigenvalue weighted by molar-refractivity contribution is -0.142. The second-order valence-corrected chi connectivity index (χ2v) is 4.75. The van der Waals surface area contributed by atoms with Crippen molar-refractivity contribution in [1.82, 2.24) is 15.5 Å². The van der Waals surface area contributed by atoms with Crippen LogP contribution in [0.5, 0.6) is 0 Å². The highest BCUT2D eigenvalue weighted by Crippen LogP contribution is 2.09. The molecule has 1 atom stereocenters. The third kappa shape index (κ3) is 5.67. The molecule has 118 valence electrons. The second kappa shape index (κ2) is 8.08. The van der Waals surface area contributed by atoms with Gasteiger partial charge in [-0.15, -0.1) is 0 Å². The van der Waals surface area contributed by atoms with Gasteiger partial charge in [0.25, 0.3) is 0 Å². The number of amides is 4. The molecule has 0 spiro atoms. The Morgan fingerprint density at radius 2 is 2.10 bits per heavy atom. The average Bonchev–Trinajstić information content (AvgIpc) is 2.39. The van der Waals surface area contributed by atoms with E-state index >= 15 is 0 Å². The Bertz CT molecular complexity index is 426. The topological polar surface area (TPSA) is 142 Å². The Labute approximate surface area is 121 Å². The normalized spacial score (nSPS) is 18.0. The molecule has 0 radical (unpaired) electrons. The molecule has 1 aliphatic rings. The van der Waals surface area contributed by atoms with Crippen molar-refractivity contribution in [3.8, 4) is 0 Å². The highest BCUT2D eigenvalue weighted by molar-refractivity contribution is 5.91. The summed E-state index contributed by atoms with van der Waals surface area (Å²) in [6.07, 6.45) is 0.970. The fourth-order valence-corrected chi connectivity index (χ4v) is 2.05. The number of carboxylic acid groups (broad SMARTS) is 1. The molecular weight excluding hydrogens is 280 g/mol. The average molecular weight is 300 g/mol. The summed E-state index contributed by atoms with van der Waals surface area (Å²) >= 11 is 0. The van der Waals surface area contributed by atoms with Crippen LogP contribution in [0.4, 0.5) is 4.79 Å². The van der Waals surface area contributed by atoms with Gasteiger partial charge in [-0.25, -0.2) is 4.79 Å². The molecule has 1 heterocycles. The van der Waals surface area contributed by atoms with E-state index in [1.54, 1.807) is 0 Å². The largest absolute Gasteiger partial charge is 0.481 e. The van der Waals surface area contributed by atoms with E-state index in [4.69, 9.17) is 10.8 Å². The molecule has 0 saturated carbocycles. The van der Waals surface area contributed by atoms with E-state index < -0.39 is 36.3 Å². The number of nitrogens with two attached hydrogens (primary N) is 1. The second-order valence-electron chi connectivity index (χ2n) is 4.75. The molecule has 0 aliphatic carbocycles. The molecule has 1 rings (SSSR count). The van der Waals surface area contributed by atoms with Gasteiger partial charge in [0.1, 0.15) is 6.04 Å². The van der Waals surface area contributed by atoms with E-state index in [1.807, 2.05) is 0 Å². The van der Waals surface area contributed by atoms with Crippen molar-refractivity contribution in [1.29, 1.82) is 0 Å². The van der Waals surface area contributed by atoms with E-state index in [1.165, 1.54) is 4.90 Å². The van der Waals surface area contributed by atoms with Gasteiger partial charge in [0, 0.05) is 26.1 Å². The fraction of sp³-hybridized carbons (Fsp3) is 0.667. The van der Waals surface area contributed by atoms with E-state index in [2.05, 4.69) is 10.6 Å². The van der Waals surface area contributed by atoms with Crippen LogP contribution in [0.2, 0.25) is 0 Å². The summed E-state index contributed by atoms with van der Waals surface area (Å²) < 4.78 is 0. The highest BCUT2D eigenvalue weighted by Gasteiger charge is 2.34. The van der Waals surface area contributed by atoms with Crippen LogP contribution < -0.4 is 16.4 Å². The van der Waals surface area contributed by atoms with Crippen LogP contribution in [0.15, 0.2) is 0 Å². The molecule has 0 aromatic heterocycles. The number of carbonyl (C=O) groups excluding carboxylic acids is 3. The number of hydrogen-bond acceptors (Lipinski definition) is 4. The summed E-state index contributed by atoms with van der Waals surface area (Å²) in [6.45, 7) is 0.894. The number of aliphatic carboxylic acids is 1. The zero-order valence-corrected chi connectivity index (χ0v) is 11.6. The van der Waals surface area contributed by atoms with Gasteiger partial charge in [-0.05, 0) is 12.8 Å². The molecule has 0 bridgehead atoms. The molecule has 0 aromatic rings. The molecular formula is C12H20N4O5. The molecule has 0 aromatic carbocycles. The summed E-state index contributed by atoms with van der Waals surface area (Å²) in [5, 5.41) is 13.9. The molecule has 9 heteroatoms. The molecule has 1 saturated heterocycles. The first-order valence-electron chi connectivity index (χ1n) is 6.74. The third-order valence-corrected chi connectivity index (χ3v) is 3.09. The lowest BCUT2D eigenvalue weighted by Gasteiger charge is -2.34. The monoisotopic (exact) mass is 300 g/mol. The maximum absolute atomic E-state index is 12.0. The molecule has 1 fully saturated rings. The highest BCUT2D eigenvalue weighted by atomic mass is 16.4. The van der Waals surface area contributed by atoms with Crippen molar-refractivity contribution < 1.29 is 24.3 Å². The summed E-state index contributed by atoms with van der Waals surface area (Å²) in [7, 11) is 0. The molecule has 9 nitrogen and oxygen atoms in total. The molecule has 4 amide bonds. The molecule has 21 heavy (non-hydrogen) atoms. The molecule has 5 N–H and O–H groups in total. The van der Waals surface area contributed by atoms with Crippen LogP contribution in [0, 0.1) is 0 Å². The van der Waals surface area contributed by atoms with Crippen molar-refractivity contribution in [2.24, 2.45) is 5.73 Å². The smallest absolute Gasteiger partial charge is 0.318 e. The number of carbonyl (C=O) groups is 4. The van der Waals surface area contributed by atoms with Crippen LogP contribution >= 0.6 is 0 Å². The summed E-state index contributed by atoms with van der Waals surface area (Å²) in [5.41, 5.74) is 5.00. The van der Waals surface area contributed by atoms with Gasteiger partial charge in [0.05, 0.1) is 6.42 Å². The maximum Gasteiger partial charge on any atom is 0.318 e. The molecule has 1 aliphatic heterocycles. The Balaban J connectivity index is 2.44. The Hall–Kier alpha value is -2.32. The SMILES string of the molecule is NC(=O)CCCCNC(=O)N1CCNC(=O)C1CC(=O)O. The fourth-order valence-electron chi connectivity index (χ4n) is 2.05. The van der Waals surface area contributed by atoms with Crippen molar-refractivity contribution >= 4 is 23.8 Å². The zero-order valence-electron chi connectivity index (χ0n) is 11.6. The van der Waals surface area contributed by atoms with Gasteiger partial charge in [0.2, 0.25) is 11.8 Å². The van der Waals surface area contributed by atoms with Crippen LogP contribution in [0.1, 0.15) is 25.7 Å². The zero-order chi connectivity index (χ0) is 15.8. The van der Waals surface area contributed by atoms with Crippen molar-refractivity contribution in [2.75, 3.05) is 19.6 Å². The lowest BCUT2D eigenvalue weighted by Crippen LogP contribution is -2.60. The first-order valence-corrected chi connectivity index (χ1v) is 6.74. The number of rotatable bonds is 7. The van der Waals surface area contributed by atoms with Gasteiger partial charge in [-0.1, -0.05) is 0 Å². The number of primary amides is 1. The van der Waals surface area contributed by atoms with Crippen molar-refractivity contribution in [3.63, 3.8) is 0 Å². The Kier molecular flexibility index (Phi) is 6.44. The minimum Gasteiger partial charge on any atom is -0.481 e. The third-order valence-electron chi connectivity index (χ3n) is 3.09. The van der Waals surface area contributed by atoms with E-state index in [9.17, 15) is 19.2 Å². The van der Waals surface area contributed by atoms with Crippen molar-refractivity contribution in [3.05, 3.63) is 0 Å². The number of urea groups is 1. The predicted octanol–water partition coefficient (Wildman–Crippen LogP) is -1.37. The number of hydrogen-bond donors (Lipinski definition) is 4. The number of unbranched alkanes of at least 4 members (excludes halogenated alkanes) is 1. The number of piperazine rings is 1.